The zero-order valence-electron chi connectivity index (χ0n) is 10.4. The first-order valence-electron chi connectivity index (χ1n) is 5.71. The van der Waals surface area contributed by atoms with Crippen molar-refractivity contribution in [3.05, 3.63) is 11.9 Å². The molecule has 1 amide bonds. The topological polar surface area (TPSA) is 73.4 Å². The number of aromatic nitrogens is 2. The van der Waals surface area contributed by atoms with Gasteiger partial charge in [0.25, 0.3) is 5.91 Å². The summed E-state index contributed by atoms with van der Waals surface area (Å²) in [6.07, 6.45) is 1.61. The van der Waals surface area contributed by atoms with Crippen molar-refractivity contribution < 1.29 is 9.53 Å². The van der Waals surface area contributed by atoms with Gasteiger partial charge < -0.3 is 15.4 Å². The Labute approximate surface area is 100 Å². The van der Waals surface area contributed by atoms with Crippen LogP contribution in [0, 0.1) is 0 Å². The van der Waals surface area contributed by atoms with Crippen LogP contribution >= 0.6 is 0 Å². The maximum absolute atomic E-state index is 12.3. The van der Waals surface area contributed by atoms with Crippen molar-refractivity contribution in [1.29, 1.82) is 0 Å². The normalized spacial score (nSPS) is 25.0. The van der Waals surface area contributed by atoms with Crippen molar-refractivity contribution in [3.63, 3.8) is 0 Å². The number of nitrogens with two attached hydrogens (primary N) is 1. The molecule has 0 aromatic carbocycles. The third-order valence-corrected chi connectivity index (χ3v) is 2.88. The molecular formula is C11H18N4O2. The summed E-state index contributed by atoms with van der Waals surface area (Å²) in [6.45, 7) is 5.10. The zero-order chi connectivity index (χ0) is 12.6. The van der Waals surface area contributed by atoms with E-state index in [0.29, 0.717) is 24.5 Å². The fourth-order valence-corrected chi connectivity index (χ4v) is 2.21. The summed E-state index contributed by atoms with van der Waals surface area (Å²) in [4.78, 5) is 14.1. The van der Waals surface area contributed by atoms with Gasteiger partial charge in [0.05, 0.1) is 24.1 Å². The van der Waals surface area contributed by atoms with Crippen molar-refractivity contribution in [3.8, 4) is 0 Å². The first-order chi connectivity index (χ1) is 7.99. The SMILES string of the molecule is CC1CN(C(=O)c2c(N)cnn2C)CC(C)O1. The van der Waals surface area contributed by atoms with Gasteiger partial charge in [-0.2, -0.15) is 5.10 Å². The number of ether oxygens (including phenoxy) is 1. The summed E-state index contributed by atoms with van der Waals surface area (Å²) in [6, 6.07) is 0. The fraction of sp³-hybridized carbons (Fsp3) is 0.636. The molecule has 1 aromatic heterocycles. The number of morpholine rings is 1. The second-order valence-corrected chi connectivity index (χ2v) is 4.54. The van der Waals surface area contributed by atoms with E-state index in [9.17, 15) is 4.79 Å². The number of nitrogen functional groups attached to an aromatic ring is 1. The molecule has 0 saturated carbocycles. The average Bonchev–Trinajstić information content (AvgIpc) is 2.56. The molecule has 0 aliphatic carbocycles. The Morgan fingerprint density at radius 1 is 1.47 bits per heavy atom. The standard InChI is InChI=1S/C11H18N4O2/c1-7-5-15(6-8(2)17-7)11(16)10-9(12)4-13-14(10)3/h4,7-8H,5-6,12H2,1-3H3. The van der Waals surface area contributed by atoms with Crippen LogP contribution in [0.15, 0.2) is 6.20 Å². The lowest BCUT2D eigenvalue weighted by Gasteiger charge is -2.35. The Morgan fingerprint density at radius 3 is 2.53 bits per heavy atom. The van der Waals surface area contributed by atoms with Crippen LogP contribution in [-0.2, 0) is 11.8 Å². The van der Waals surface area contributed by atoms with E-state index in [0.717, 1.165) is 0 Å². The monoisotopic (exact) mass is 238 g/mol. The molecule has 0 spiro atoms. The van der Waals surface area contributed by atoms with Crippen molar-refractivity contribution in [2.45, 2.75) is 26.1 Å². The van der Waals surface area contributed by atoms with E-state index in [4.69, 9.17) is 10.5 Å². The average molecular weight is 238 g/mol. The first-order valence-corrected chi connectivity index (χ1v) is 5.71. The maximum Gasteiger partial charge on any atom is 0.274 e. The molecule has 1 aromatic rings. The van der Waals surface area contributed by atoms with Gasteiger partial charge in [-0.15, -0.1) is 0 Å². The van der Waals surface area contributed by atoms with Crippen LogP contribution in [0.3, 0.4) is 0 Å². The third kappa shape index (κ3) is 2.26. The smallest absolute Gasteiger partial charge is 0.274 e. The van der Waals surface area contributed by atoms with E-state index in [1.165, 1.54) is 10.9 Å². The van der Waals surface area contributed by atoms with Crippen molar-refractivity contribution in [2.24, 2.45) is 7.05 Å². The molecule has 1 fully saturated rings. The Kier molecular flexibility index (Phi) is 3.06. The third-order valence-electron chi connectivity index (χ3n) is 2.88. The lowest BCUT2D eigenvalue weighted by molar-refractivity contribution is -0.0588. The number of carbonyl (C=O) groups is 1. The Morgan fingerprint density at radius 2 is 2.06 bits per heavy atom. The molecular weight excluding hydrogens is 220 g/mol. The van der Waals surface area contributed by atoms with Gasteiger partial charge in [-0.3, -0.25) is 9.48 Å². The molecule has 2 heterocycles. The number of rotatable bonds is 1. The zero-order valence-corrected chi connectivity index (χ0v) is 10.4. The first kappa shape index (κ1) is 11.9. The molecule has 94 valence electrons. The van der Waals surface area contributed by atoms with E-state index < -0.39 is 0 Å². The number of nitrogens with zero attached hydrogens (tertiary/aromatic N) is 3. The van der Waals surface area contributed by atoms with Gasteiger partial charge >= 0.3 is 0 Å². The van der Waals surface area contributed by atoms with Crippen LogP contribution in [0.2, 0.25) is 0 Å². The van der Waals surface area contributed by atoms with Crippen LogP contribution in [0.4, 0.5) is 5.69 Å². The number of hydrogen-bond acceptors (Lipinski definition) is 4. The van der Waals surface area contributed by atoms with Gasteiger partial charge in [0.15, 0.2) is 0 Å². The molecule has 2 rings (SSSR count). The molecule has 2 atom stereocenters. The predicted molar refractivity (Wildman–Crippen MR) is 63.5 cm³/mol. The van der Waals surface area contributed by atoms with E-state index in [-0.39, 0.29) is 18.1 Å². The molecule has 1 saturated heterocycles. The van der Waals surface area contributed by atoms with Gasteiger partial charge in [-0.25, -0.2) is 0 Å². The van der Waals surface area contributed by atoms with Gasteiger partial charge in [-0.05, 0) is 13.8 Å². The predicted octanol–water partition coefficient (Wildman–Crippen LogP) is 0.252. The van der Waals surface area contributed by atoms with Gasteiger partial charge in [0.2, 0.25) is 0 Å². The highest BCUT2D eigenvalue weighted by atomic mass is 16.5. The van der Waals surface area contributed by atoms with Crippen molar-refractivity contribution >= 4 is 11.6 Å². The van der Waals surface area contributed by atoms with Crippen molar-refractivity contribution in [1.82, 2.24) is 14.7 Å². The van der Waals surface area contributed by atoms with Gasteiger partial charge in [-0.1, -0.05) is 0 Å². The molecule has 1 aliphatic rings. The summed E-state index contributed by atoms with van der Waals surface area (Å²) in [5.41, 5.74) is 6.63. The van der Waals surface area contributed by atoms with Crippen LogP contribution in [0.1, 0.15) is 24.3 Å². The minimum absolute atomic E-state index is 0.0529. The summed E-state index contributed by atoms with van der Waals surface area (Å²) < 4.78 is 7.11. The second-order valence-electron chi connectivity index (χ2n) is 4.54. The Balaban J connectivity index is 2.20. The summed E-state index contributed by atoms with van der Waals surface area (Å²) in [7, 11) is 1.72. The highest BCUT2D eigenvalue weighted by molar-refractivity contribution is 5.97. The van der Waals surface area contributed by atoms with Crippen LogP contribution < -0.4 is 5.73 Å². The molecule has 2 unspecified atom stereocenters. The van der Waals surface area contributed by atoms with Gasteiger partial charge in [0.1, 0.15) is 5.69 Å². The Hall–Kier alpha value is -1.56. The highest BCUT2D eigenvalue weighted by Gasteiger charge is 2.29. The summed E-state index contributed by atoms with van der Waals surface area (Å²) in [5.74, 6) is -0.0792. The second kappa shape index (κ2) is 4.37. The number of aryl methyl sites for hydroxylation is 1. The fourth-order valence-electron chi connectivity index (χ4n) is 2.21. The lowest BCUT2D eigenvalue weighted by atomic mass is 10.2. The lowest BCUT2D eigenvalue weighted by Crippen LogP contribution is -2.48. The van der Waals surface area contributed by atoms with E-state index in [2.05, 4.69) is 5.10 Å². The molecule has 2 N–H and O–H groups in total. The summed E-state index contributed by atoms with van der Waals surface area (Å²) in [5, 5.41) is 3.98. The van der Waals surface area contributed by atoms with E-state index >= 15 is 0 Å². The molecule has 0 radical (unpaired) electrons. The number of amides is 1. The molecule has 0 bridgehead atoms. The molecule has 17 heavy (non-hydrogen) atoms. The number of carbonyl (C=O) groups excluding carboxylic acids is 1. The van der Waals surface area contributed by atoms with Crippen LogP contribution in [0.25, 0.3) is 0 Å². The van der Waals surface area contributed by atoms with Crippen LogP contribution in [-0.4, -0.2) is 45.9 Å². The largest absolute Gasteiger partial charge is 0.396 e. The maximum atomic E-state index is 12.3. The minimum atomic E-state index is -0.0792. The highest BCUT2D eigenvalue weighted by Crippen LogP contribution is 2.17. The van der Waals surface area contributed by atoms with Gasteiger partial charge in [0, 0.05) is 20.1 Å². The molecule has 6 nitrogen and oxygen atoms in total. The van der Waals surface area contributed by atoms with Crippen LogP contribution in [0.5, 0.6) is 0 Å². The van der Waals surface area contributed by atoms with E-state index in [1.54, 1.807) is 11.9 Å². The quantitative estimate of drug-likeness (QED) is 0.761. The molecule has 6 heteroatoms. The summed E-state index contributed by atoms with van der Waals surface area (Å²) >= 11 is 0. The number of hydrogen-bond donors (Lipinski definition) is 1. The minimum Gasteiger partial charge on any atom is -0.396 e. The molecule has 1 aliphatic heterocycles. The van der Waals surface area contributed by atoms with E-state index in [1.807, 2.05) is 13.8 Å². The van der Waals surface area contributed by atoms with Crippen molar-refractivity contribution in [2.75, 3.05) is 18.8 Å². The number of anilines is 1. The Bertz CT molecular complexity index is 400.